The SMILES string of the molecule is CCC(C)(C)c1ccc(C(=O)c2cc(Cl)cc(Cl)c2)cc1. The number of hydrogen-bond donors (Lipinski definition) is 0. The van der Waals surface area contributed by atoms with Gasteiger partial charge in [-0.15, -0.1) is 0 Å². The zero-order valence-electron chi connectivity index (χ0n) is 12.4. The fourth-order valence-corrected chi connectivity index (χ4v) is 2.65. The molecule has 0 N–H and O–H groups in total. The van der Waals surface area contributed by atoms with Gasteiger partial charge in [-0.05, 0) is 35.6 Å². The van der Waals surface area contributed by atoms with Gasteiger partial charge < -0.3 is 0 Å². The third kappa shape index (κ3) is 3.66. The Morgan fingerprint density at radius 1 is 0.952 bits per heavy atom. The van der Waals surface area contributed by atoms with Crippen LogP contribution in [-0.4, -0.2) is 5.78 Å². The Kier molecular flexibility index (Phi) is 4.75. The molecule has 2 aromatic carbocycles. The van der Waals surface area contributed by atoms with Gasteiger partial charge in [0.1, 0.15) is 0 Å². The molecule has 0 saturated carbocycles. The van der Waals surface area contributed by atoms with E-state index in [1.165, 1.54) is 5.56 Å². The fraction of sp³-hybridized carbons (Fsp3) is 0.278. The first-order valence-electron chi connectivity index (χ1n) is 6.95. The Hall–Kier alpha value is -1.31. The van der Waals surface area contributed by atoms with Crippen molar-refractivity contribution in [1.29, 1.82) is 0 Å². The number of carbonyl (C=O) groups excluding carboxylic acids is 1. The summed E-state index contributed by atoms with van der Waals surface area (Å²) >= 11 is 11.9. The molecule has 0 aliphatic heterocycles. The topological polar surface area (TPSA) is 17.1 Å². The first-order chi connectivity index (χ1) is 9.83. The summed E-state index contributed by atoms with van der Waals surface area (Å²) < 4.78 is 0. The van der Waals surface area contributed by atoms with Crippen molar-refractivity contribution in [2.75, 3.05) is 0 Å². The minimum atomic E-state index is -0.0692. The van der Waals surface area contributed by atoms with Gasteiger partial charge in [-0.1, -0.05) is 68.2 Å². The van der Waals surface area contributed by atoms with Crippen LogP contribution in [0.15, 0.2) is 42.5 Å². The second kappa shape index (κ2) is 6.21. The zero-order valence-corrected chi connectivity index (χ0v) is 13.9. The van der Waals surface area contributed by atoms with E-state index in [1.54, 1.807) is 18.2 Å². The average Bonchev–Trinajstić information content (AvgIpc) is 2.45. The average molecular weight is 321 g/mol. The molecule has 0 atom stereocenters. The van der Waals surface area contributed by atoms with Crippen molar-refractivity contribution in [2.45, 2.75) is 32.6 Å². The number of hydrogen-bond acceptors (Lipinski definition) is 1. The molecule has 0 amide bonds. The molecule has 3 heteroatoms. The monoisotopic (exact) mass is 320 g/mol. The molecule has 0 saturated heterocycles. The molecular formula is C18H18Cl2O. The van der Waals surface area contributed by atoms with E-state index in [0.29, 0.717) is 21.2 Å². The molecule has 0 heterocycles. The summed E-state index contributed by atoms with van der Waals surface area (Å²) in [7, 11) is 0. The lowest BCUT2D eigenvalue weighted by atomic mass is 9.82. The van der Waals surface area contributed by atoms with Crippen molar-refractivity contribution >= 4 is 29.0 Å². The minimum absolute atomic E-state index is 0.0692. The highest BCUT2D eigenvalue weighted by Crippen LogP contribution is 2.27. The van der Waals surface area contributed by atoms with E-state index in [9.17, 15) is 4.79 Å². The van der Waals surface area contributed by atoms with Crippen molar-refractivity contribution in [2.24, 2.45) is 0 Å². The molecule has 0 spiro atoms. The predicted molar refractivity (Wildman–Crippen MR) is 89.7 cm³/mol. The van der Waals surface area contributed by atoms with Gasteiger partial charge in [-0.25, -0.2) is 0 Å². The maximum atomic E-state index is 12.5. The highest BCUT2D eigenvalue weighted by atomic mass is 35.5. The Labute approximate surface area is 135 Å². The van der Waals surface area contributed by atoms with Crippen LogP contribution in [0.5, 0.6) is 0 Å². The summed E-state index contributed by atoms with van der Waals surface area (Å²) in [6.07, 6.45) is 1.05. The summed E-state index contributed by atoms with van der Waals surface area (Å²) in [6.45, 7) is 6.55. The van der Waals surface area contributed by atoms with Crippen molar-refractivity contribution in [3.63, 3.8) is 0 Å². The molecule has 110 valence electrons. The van der Waals surface area contributed by atoms with Gasteiger partial charge in [-0.2, -0.15) is 0 Å². The second-order valence-electron chi connectivity index (χ2n) is 5.80. The van der Waals surface area contributed by atoms with Crippen LogP contribution in [0.2, 0.25) is 10.0 Å². The normalized spacial score (nSPS) is 11.5. The first kappa shape index (κ1) is 16.1. The molecule has 0 aliphatic carbocycles. The number of rotatable bonds is 4. The number of benzene rings is 2. The molecule has 0 aromatic heterocycles. The summed E-state index contributed by atoms with van der Waals surface area (Å²) in [4.78, 5) is 12.5. The van der Waals surface area contributed by atoms with Gasteiger partial charge >= 0.3 is 0 Å². The molecule has 2 aromatic rings. The largest absolute Gasteiger partial charge is 0.289 e. The summed E-state index contributed by atoms with van der Waals surface area (Å²) in [5.74, 6) is -0.0692. The van der Waals surface area contributed by atoms with Crippen molar-refractivity contribution in [1.82, 2.24) is 0 Å². The number of halogens is 2. The Bertz CT molecular complexity index is 637. The van der Waals surface area contributed by atoms with E-state index in [2.05, 4.69) is 20.8 Å². The highest BCUT2D eigenvalue weighted by Gasteiger charge is 2.18. The first-order valence-corrected chi connectivity index (χ1v) is 7.70. The lowest BCUT2D eigenvalue weighted by Gasteiger charge is -2.23. The van der Waals surface area contributed by atoms with E-state index >= 15 is 0 Å². The van der Waals surface area contributed by atoms with Crippen LogP contribution in [0.1, 0.15) is 48.7 Å². The van der Waals surface area contributed by atoms with Gasteiger partial charge in [-0.3, -0.25) is 4.79 Å². The van der Waals surface area contributed by atoms with E-state index in [4.69, 9.17) is 23.2 Å². The van der Waals surface area contributed by atoms with E-state index < -0.39 is 0 Å². The lowest BCUT2D eigenvalue weighted by molar-refractivity contribution is 0.103. The summed E-state index contributed by atoms with van der Waals surface area (Å²) in [6, 6.07) is 12.7. The summed E-state index contributed by atoms with van der Waals surface area (Å²) in [5.41, 5.74) is 2.49. The van der Waals surface area contributed by atoms with Crippen LogP contribution in [0.4, 0.5) is 0 Å². The van der Waals surface area contributed by atoms with Crippen LogP contribution < -0.4 is 0 Å². The van der Waals surface area contributed by atoms with Crippen LogP contribution in [-0.2, 0) is 5.41 Å². The summed E-state index contributed by atoms with van der Waals surface area (Å²) in [5, 5.41) is 0.934. The molecule has 0 fully saturated rings. The maximum Gasteiger partial charge on any atom is 0.193 e. The molecule has 0 bridgehead atoms. The van der Waals surface area contributed by atoms with Crippen LogP contribution >= 0.6 is 23.2 Å². The molecule has 2 rings (SSSR count). The number of ketones is 1. The maximum absolute atomic E-state index is 12.5. The molecule has 0 radical (unpaired) electrons. The molecular weight excluding hydrogens is 303 g/mol. The smallest absolute Gasteiger partial charge is 0.193 e. The van der Waals surface area contributed by atoms with E-state index in [1.807, 2.05) is 24.3 Å². The van der Waals surface area contributed by atoms with Gasteiger partial charge in [0, 0.05) is 21.2 Å². The van der Waals surface area contributed by atoms with Crippen LogP contribution in [0.25, 0.3) is 0 Å². The lowest BCUT2D eigenvalue weighted by Crippen LogP contribution is -2.15. The van der Waals surface area contributed by atoms with E-state index in [-0.39, 0.29) is 11.2 Å². The predicted octanol–water partition coefficient (Wildman–Crippen LogP) is 5.91. The minimum Gasteiger partial charge on any atom is -0.289 e. The van der Waals surface area contributed by atoms with Gasteiger partial charge in [0.15, 0.2) is 5.78 Å². The standard InChI is InChI=1S/C18H18Cl2O/c1-4-18(2,3)14-7-5-12(6-8-14)17(21)13-9-15(19)11-16(20)10-13/h5-11H,4H2,1-3H3. The Morgan fingerprint density at radius 3 is 1.95 bits per heavy atom. The highest BCUT2D eigenvalue weighted by molar-refractivity contribution is 6.35. The van der Waals surface area contributed by atoms with Gasteiger partial charge in [0.25, 0.3) is 0 Å². The zero-order chi connectivity index (χ0) is 15.6. The molecule has 21 heavy (non-hydrogen) atoms. The molecule has 0 unspecified atom stereocenters. The van der Waals surface area contributed by atoms with Crippen molar-refractivity contribution in [3.05, 3.63) is 69.2 Å². The molecule has 0 aliphatic rings. The Balaban J connectivity index is 2.32. The van der Waals surface area contributed by atoms with E-state index in [0.717, 1.165) is 6.42 Å². The molecule has 1 nitrogen and oxygen atoms in total. The van der Waals surface area contributed by atoms with Crippen molar-refractivity contribution < 1.29 is 4.79 Å². The van der Waals surface area contributed by atoms with Crippen LogP contribution in [0.3, 0.4) is 0 Å². The van der Waals surface area contributed by atoms with Crippen LogP contribution in [0, 0.1) is 0 Å². The number of carbonyl (C=O) groups is 1. The van der Waals surface area contributed by atoms with Gasteiger partial charge in [0.2, 0.25) is 0 Å². The third-order valence-electron chi connectivity index (χ3n) is 3.94. The van der Waals surface area contributed by atoms with Crippen molar-refractivity contribution in [3.8, 4) is 0 Å². The van der Waals surface area contributed by atoms with Gasteiger partial charge in [0.05, 0.1) is 0 Å². The Morgan fingerprint density at radius 2 is 1.48 bits per heavy atom. The second-order valence-corrected chi connectivity index (χ2v) is 6.67. The fourth-order valence-electron chi connectivity index (χ4n) is 2.13. The third-order valence-corrected chi connectivity index (χ3v) is 4.37. The quantitative estimate of drug-likeness (QED) is 0.640.